The second-order valence-electron chi connectivity index (χ2n) is 3.48. The highest BCUT2D eigenvalue weighted by Gasteiger charge is 2.08. The van der Waals surface area contributed by atoms with Crippen LogP contribution in [0.15, 0.2) is 30.6 Å². The molecule has 2 aromatic rings. The number of nitrogens with zero attached hydrogens (tertiary/aromatic N) is 2. The Morgan fingerprint density at radius 2 is 1.89 bits per heavy atom. The molecule has 0 aliphatic rings. The molecule has 0 radical (unpaired) electrons. The molecule has 0 aliphatic carbocycles. The summed E-state index contributed by atoms with van der Waals surface area (Å²) in [6.07, 6.45) is 3.09. The molecular weight excluding hydrogens is 232 g/mol. The summed E-state index contributed by atoms with van der Waals surface area (Å²) in [7, 11) is 3.19. The molecule has 0 fully saturated rings. The number of benzene rings is 1. The Kier molecular flexibility index (Phi) is 3.47. The first kappa shape index (κ1) is 12.0. The first-order valence-corrected chi connectivity index (χ1v) is 5.30. The summed E-state index contributed by atoms with van der Waals surface area (Å²) in [6, 6.07) is 5.41. The maximum atomic E-state index is 5.72. The average molecular weight is 246 g/mol. The molecule has 0 saturated carbocycles. The van der Waals surface area contributed by atoms with Crippen LogP contribution in [-0.4, -0.2) is 24.2 Å². The third-order valence-electron chi connectivity index (χ3n) is 2.39. The highest BCUT2D eigenvalue weighted by molar-refractivity contribution is 5.71. The van der Waals surface area contributed by atoms with Crippen LogP contribution >= 0.6 is 0 Å². The number of aromatic nitrogens is 2. The molecule has 1 heterocycles. The quantitative estimate of drug-likeness (QED) is 0.856. The first-order chi connectivity index (χ1) is 8.74. The molecule has 0 spiro atoms. The van der Waals surface area contributed by atoms with Gasteiger partial charge in [-0.3, -0.25) is 0 Å². The van der Waals surface area contributed by atoms with Gasteiger partial charge in [0.05, 0.1) is 19.9 Å². The molecule has 0 bridgehead atoms. The van der Waals surface area contributed by atoms with Gasteiger partial charge in [0.1, 0.15) is 11.5 Å². The molecule has 2 rings (SSSR count). The molecular formula is C12H14N4O2. The maximum absolute atomic E-state index is 5.72. The second-order valence-corrected chi connectivity index (χ2v) is 3.48. The fraction of sp³-hybridized carbons (Fsp3) is 0.167. The Balaban J connectivity index is 2.35. The van der Waals surface area contributed by atoms with E-state index < -0.39 is 0 Å². The van der Waals surface area contributed by atoms with E-state index in [1.807, 2.05) is 6.07 Å². The normalized spacial score (nSPS) is 9.89. The number of nitrogens with one attached hydrogen (secondary N) is 1. The highest BCUT2D eigenvalue weighted by atomic mass is 16.5. The summed E-state index contributed by atoms with van der Waals surface area (Å²) in [5, 5.41) is 3.06. The standard InChI is InChI=1S/C12H14N4O2/c1-17-8-3-4-10(18-2)9(7-8)16-12-11(13)14-5-6-15-12/h3-7H,1-2H3,(H2,13,14)(H,15,16). The Labute approximate surface area is 105 Å². The van der Waals surface area contributed by atoms with E-state index >= 15 is 0 Å². The van der Waals surface area contributed by atoms with Crippen LogP contribution in [0.4, 0.5) is 17.3 Å². The molecule has 0 aliphatic heterocycles. The van der Waals surface area contributed by atoms with Crippen LogP contribution in [0, 0.1) is 0 Å². The fourth-order valence-electron chi connectivity index (χ4n) is 1.48. The van der Waals surface area contributed by atoms with E-state index in [0.717, 1.165) is 0 Å². The minimum absolute atomic E-state index is 0.322. The molecule has 0 amide bonds. The van der Waals surface area contributed by atoms with E-state index in [0.29, 0.717) is 28.8 Å². The minimum Gasteiger partial charge on any atom is -0.497 e. The Bertz CT molecular complexity index is 545. The fourth-order valence-corrected chi connectivity index (χ4v) is 1.48. The SMILES string of the molecule is COc1ccc(OC)c(Nc2nccnc2N)c1. The molecule has 0 atom stereocenters. The lowest BCUT2D eigenvalue weighted by Crippen LogP contribution is -2.02. The number of nitrogen functional groups attached to an aromatic ring is 1. The topological polar surface area (TPSA) is 82.3 Å². The van der Waals surface area contributed by atoms with Gasteiger partial charge in [-0.05, 0) is 12.1 Å². The second kappa shape index (κ2) is 5.22. The Hall–Kier alpha value is -2.50. The lowest BCUT2D eigenvalue weighted by molar-refractivity contribution is 0.405. The summed E-state index contributed by atoms with van der Waals surface area (Å²) < 4.78 is 10.4. The van der Waals surface area contributed by atoms with E-state index in [1.54, 1.807) is 32.5 Å². The number of hydrogen-bond acceptors (Lipinski definition) is 6. The van der Waals surface area contributed by atoms with E-state index in [-0.39, 0.29) is 0 Å². The van der Waals surface area contributed by atoms with Gasteiger partial charge in [-0.2, -0.15) is 0 Å². The van der Waals surface area contributed by atoms with Crippen LogP contribution in [0.3, 0.4) is 0 Å². The third-order valence-corrected chi connectivity index (χ3v) is 2.39. The van der Waals surface area contributed by atoms with Gasteiger partial charge >= 0.3 is 0 Å². The van der Waals surface area contributed by atoms with Crippen molar-refractivity contribution in [3.05, 3.63) is 30.6 Å². The third kappa shape index (κ3) is 2.42. The van der Waals surface area contributed by atoms with Crippen LogP contribution in [-0.2, 0) is 0 Å². The molecule has 6 heteroatoms. The zero-order chi connectivity index (χ0) is 13.0. The number of methoxy groups -OCH3 is 2. The smallest absolute Gasteiger partial charge is 0.173 e. The summed E-state index contributed by atoms with van der Waals surface area (Å²) in [6.45, 7) is 0. The van der Waals surface area contributed by atoms with E-state index in [1.165, 1.54) is 6.20 Å². The summed E-state index contributed by atoms with van der Waals surface area (Å²) in [4.78, 5) is 8.06. The van der Waals surface area contributed by atoms with Crippen LogP contribution in [0.1, 0.15) is 0 Å². The Morgan fingerprint density at radius 3 is 2.56 bits per heavy atom. The lowest BCUT2D eigenvalue weighted by Gasteiger charge is -2.12. The van der Waals surface area contributed by atoms with Crippen molar-refractivity contribution in [2.24, 2.45) is 0 Å². The minimum atomic E-state index is 0.322. The van der Waals surface area contributed by atoms with Crippen LogP contribution in [0.2, 0.25) is 0 Å². The molecule has 18 heavy (non-hydrogen) atoms. The molecule has 1 aromatic carbocycles. The van der Waals surface area contributed by atoms with Crippen molar-refractivity contribution in [3.63, 3.8) is 0 Å². The lowest BCUT2D eigenvalue weighted by atomic mass is 10.2. The van der Waals surface area contributed by atoms with Crippen molar-refractivity contribution in [2.75, 3.05) is 25.3 Å². The molecule has 6 nitrogen and oxygen atoms in total. The van der Waals surface area contributed by atoms with Crippen molar-refractivity contribution in [1.29, 1.82) is 0 Å². The van der Waals surface area contributed by atoms with Gasteiger partial charge in [0.25, 0.3) is 0 Å². The molecule has 0 unspecified atom stereocenters. The van der Waals surface area contributed by atoms with Crippen molar-refractivity contribution < 1.29 is 9.47 Å². The molecule has 3 N–H and O–H groups in total. The van der Waals surface area contributed by atoms with Crippen molar-refractivity contribution in [2.45, 2.75) is 0 Å². The number of anilines is 3. The number of hydrogen-bond donors (Lipinski definition) is 2. The van der Waals surface area contributed by atoms with Gasteiger partial charge in [0.15, 0.2) is 11.6 Å². The van der Waals surface area contributed by atoms with Gasteiger partial charge in [-0.15, -0.1) is 0 Å². The monoisotopic (exact) mass is 246 g/mol. The molecule has 94 valence electrons. The zero-order valence-electron chi connectivity index (χ0n) is 10.2. The largest absolute Gasteiger partial charge is 0.497 e. The summed E-state index contributed by atoms with van der Waals surface area (Å²) in [5.41, 5.74) is 6.43. The first-order valence-electron chi connectivity index (χ1n) is 5.30. The van der Waals surface area contributed by atoms with Crippen LogP contribution in [0.5, 0.6) is 11.5 Å². The Morgan fingerprint density at radius 1 is 1.11 bits per heavy atom. The van der Waals surface area contributed by atoms with E-state index in [4.69, 9.17) is 15.2 Å². The molecule has 0 saturated heterocycles. The van der Waals surface area contributed by atoms with Gasteiger partial charge in [-0.25, -0.2) is 9.97 Å². The number of nitrogens with two attached hydrogens (primary N) is 1. The average Bonchev–Trinajstić information content (AvgIpc) is 2.41. The zero-order valence-corrected chi connectivity index (χ0v) is 10.2. The van der Waals surface area contributed by atoms with Gasteiger partial charge in [0, 0.05) is 18.5 Å². The predicted molar refractivity (Wildman–Crippen MR) is 69.3 cm³/mol. The van der Waals surface area contributed by atoms with E-state index in [9.17, 15) is 0 Å². The van der Waals surface area contributed by atoms with Crippen molar-refractivity contribution in [3.8, 4) is 11.5 Å². The maximum Gasteiger partial charge on any atom is 0.173 e. The van der Waals surface area contributed by atoms with E-state index in [2.05, 4.69) is 15.3 Å². The van der Waals surface area contributed by atoms with Crippen LogP contribution in [0.25, 0.3) is 0 Å². The van der Waals surface area contributed by atoms with Gasteiger partial charge in [0.2, 0.25) is 0 Å². The number of rotatable bonds is 4. The summed E-state index contributed by atoms with van der Waals surface area (Å²) in [5.74, 6) is 2.17. The summed E-state index contributed by atoms with van der Waals surface area (Å²) >= 11 is 0. The van der Waals surface area contributed by atoms with Crippen molar-refractivity contribution in [1.82, 2.24) is 9.97 Å². The predicted octanol–water partition coefficient (Wildman–Crippen LogP) is 1.82. The number of ether oxygens (including phenoxy) is 2. The van der Waals surface area contributed by atoms with Gasteiger partial charge < -0.3 is 20.5 Å². The highest BCUT2D eigenvalue weighted by Crippen LogP contribution is 2.31. The van der Waals surface area contributed by atoms with Crippen molar-refractivity contribution >= 4 is 17.3 Å². The van der Waals surface area contributed by atoms with Gasteiger partial charge in [-0.1, -0.05) is 0 Å². The van der Waals surface area contributed by atoms with Crippen LogP contribution < -0.4 is 20.5 Å². The molecule has 1 aromatic heterocycles.